The number of hydrogen-bond acceptors (Lipinski definition) is 4. The van der Waals surface area contributed by atoms with Gasteiger partial charge in [0.15, 0.2) is 11.2 Å². The highest BCUT2D eigenvalue weighted by Gasteiger charge is 2.18. The Hall–Kier alpha value is -3.00. The first kappa shape index (κ1) is 18.4. The molecule has 0 unspecified atom stereocenters. The standard InChI is InChI=1S/C19H21ClN6O2/c1-12-11-26-15-16(23(2)19(28)24(3)17(15)27)22-18(26)25(12)10-6-9-21-14-8-5-4-7-13(14)20/h4-5,7-8,11,21H,6,9-10H2,1-3H3. The van der Waals surface area contributed by atoms with Gasteiger partial charge >= 0.3 is 5.69 Å². The molecule has 0 atom stereocenters. The van der Waals surface area contributed by atoms with Crippen LogP contribution in [0, 0.1) is 6.92 Å². The minimum atomic E-state index is -0.384. The van der Waals surface area contributed by atoms with E-state index >= 15 is 0 Å². The van der Waals surface area contributed by atoms with E-state index in [2.05, 4.69) is 14.9 Å². The van der Waals surface area contributed by atoms with Gasteiger partial charge in [-0.2, -0.15) is 4.98 Å². The Labute approximate surface area is 165 Å². The summed E-state index contributed by atoms with van der Waals surface area (Å²) < 4.78 is 6.34. The zero-order valence-corrected chi connectivity index (χ0v) is 16.7. The summed E-state index contributed by atoms with van der Waals surface area (Å²) in [6, 6.07) is 7.63. The van der Waals surface area contributed by atoms with E-state index in [1.807, 2.05) is 37.4 Å². The van der Waals surface area contributed by atoms with Crippen molar-refractivity contribution < 1.29 is 0 Å². The van der Waals surface area contributed by atoms with Crippen LogP contribution < -0.4 is 16.6 Å². The van der Waals surface area contributed by atoms with Crippen molar-refractivity contribution in [2.75, 3.05) is 11.9 Å². The third-order valence-corrected chi connectivity index (χ3v) is 5.33. The zero-order chi connectivity index (χ0) is 20.0. The van der Waals surface area contributed by atoms with Gasteiger partial charge in [0.25, 0.3) is 5.56 Å². The van der Waals surface area contributed by atoms with Crippen molar-refractivity contribution in [1.82, 2.24) is 23.1 Å². The maximum atomic E-state index is 12.6. The smallest absolute Gasteiger partial charge is 0.332 e. The van der Waals surface area contributed by atoms with Crippen molar-refractivity contribution >= 4 is 34.2 Å². The number of anilines is 1. The first-order chi connectivity index (χ1) is 13.4. The summed E-state index contributed by atoms with van der Waals surface area (Å²) in [5, 5.41) is 4.02. The molecule has 3 aromatic heterocycles. The van der Waals surface area contributed by atoms with E-state index in [0.717, 1.165) is 35.5 Å². The Bertz CT molecular complexity index is 1310. The number of aryl methyl sites for hydroxylation is 3. The first-order valence-electron chi connectivity index (χ1n) is 9.02. The Morgan fingerprint density at radius 3 is 2.64 bits per heavy atom. The molecule has 0 radical (unpaired) electrons. The van der Waals surface area contributed by atoms with Crippen LogP contribution in [0.5, 0.6) is 0 Å². The maximum Gasteiger partial charge on any atom is 0.332 e. The lowest BCUT2D eigenvalue weighted by atomic mass is 10.3. The zero-order valence-electron chi connectivity index (χ0n) is 15.9. The Morgan fingerprint density at radius 2 is 1.89 bits per heavy atom. The first-order valence-corrected chi connectivity index (χ1v) is 9.40. The second kappa shape index (κ2) is 6.87. The number of halogens is 1. The van der Waals surface area contributed by atoms with Crippen molar-refractivity contribution in [1.29, 1.82) is 0 Å². The molecule has 0 saturated heterocycles. The number of aromatic nitrogens is 5. The summed E-state index contributed by atoms with van der Waals surface area (Å²) in [5.74, 6) is 0.656. The molecular weight excluding hydrogens is 380 g/mol. The van der Waals surface area contributed by atoms with E-state index in [1.165, 1.54) is 11.6 Å². The van der Waals surface area contributed by atoms with Gasteiger partial charge in [-0.05, 0) is 25.5 Å². The molecule has 0 aliphatic rings. The van der Waals surface area contributed by atoms with Crippen molar-refractivity contribution in [2.24, 2.45) is 14.1 Å². The van der Waals surface area contributed by atoms with Crippen molar-refractivity contribution in [3.8, 4) is 0 Å². The molecule has 0 aliphatic carbocycles. The molecule has 1 N–H and O–H groups in total. The second-order valence-electron chi connectivity index (χ2n) is 6.84. The van der Waals surface area contributed by atoms with Crippen molar-refractivity contribution in [3.63, 3.8) is 0 Å². The van der Waals surface area contributed by atoms with Crippen LogP contribution in [-0.4, -0.2) is 29.6 Å². The maximum absolute atomic E-state index is 12.6. The average Bonchev–Trinajstić information content (AvgIpc) is 3.18. The molecule has 4 rings (SSSR count). The molecular formula is C19H21ClN6O2. The van der Waals surface area contributed by atoms with Gasteiger partial charge in [0.05, 0.1) is 10.7 Å². The average molecular weight is 401 g/mol. The van der Waals surface area contributed by atoms with Crippen LogP contribution in [0.25, 0.3) is 16.9 Å². The second-order valence-corrected chi connectivity index (χ2v) is 7.25. The van der Waals surface area contributed by atoms with Gasteiger partial charge in [0, 0.05) is 39.1 Å². The normalized spacial score (nSPS) is 11.6. The molecule has 0 saturated carbocycles. The highest BCUT2D eigenvalue weighted by atomic mass is 35.5. The van der Waals surface area contributed by atoms with Crippen LogP contribution in [-0.2, 0) is 20.6 Å². The Morgan fingerprint density at radius 1 is 1.14 bits per heavy atom. The summed E-state index contributed by atoms with van der Waals surface area (Å²) in [6.07, 6.45) is 2.73. The monoisotopic (exact) mass is 400 g/mol. The van der Waals surface area contributed by atoms with E-state index in [9.17, 15) is 9.59 Å². The SMILES string of the molecule is Cc1cn2c3c(=O)n(C)c(=O)n(C)c3nc2n1CCCNc1ccccc1Cl. The summed E-state index contributed by atoms with van der Waals surface area (Å²) in [5.41, 5.74) is 1.98. The molecule has 0 bridgehead atoms. The lowest BCUT2D eigenvalue weighted by molar-refractivity contribution is 0.660. The lowest BCUT2D eigenvalue weighted by Gasteiger charge is -2.09. The predicted molar refractivity (Wildman–Crippen MR) is 110 cm³/mol. The molecule has 4 aromatic rings. The number of hydrogen-bond donors (Lipinski definition) is 1. The molecule has 28 heavy (non-hydrogen) atoms. The van der Waals surface area contributed by atoms with Crippen molar-refractivity contribution in [3.05, 3.63) is 62.0 Å². The molecule has 1 aromatic carbocycles. The number of imidazole rings is 2. The van der Waals surface area contributed by atoms with Crippen LogP contribution in [0.15, 0.2) is 40.1 Å². The summed E-state index contributed by atoms with van der Waals surface area (Å²) >= 11 is 6.17. The third-order valence-electron chi connectivity index (χ3n) is 5.00. The van der Waals surface area contributed by atoms with Gasteiger partial charge in [0.1, 0.15) is 0 Å². The fourth-order valence-electron chi connectivity index (χ4n) is 3.47. The molecule has 3 heterocycles. The number of para-hydroxylation sites is 1. The fraction of sp³-hybridized carbons (Fsp3) is 0.316. The number of rotatable bonds is 5. The molecule has 9 heteroatoms. The van der Waals surface area contributed by atoms with Gasteiger partial charge in [-0.3, -0.25) is 18.3 Å². The van der Waals surface area contributed by atoms with E-state index < -0.39 is 0 Å². The largest absolute Gasteiger partial charge is 0.384 e. The number of fused-ring (bicyclic) bond motifs is 3. The van der Waals surface area contributed by atoms with E-state index in [4.69, 9.17) is 11.6 Å². The Balaban J connectivity index is 1.65. The predicted octanol–water partition coefficient (Wildman–Crippen LogP) is 2.15. The molecule has 146 valence electrons. The number of nitrogens with zero attached hydrogens (tertiary/aromatic N) is 5. The minimum Gasteiger partial charge on any atom is -0.384 e. The lowest BCUT2D eigenvalue weighted by Crippen LogP contribution is -2.37. The van der Waals surface area contributed by atoms with E-state index in [1.54, 1.807) is 11.4 Å². The molecule has 0 spiro atoms. The summed E-state index contributed by atoms with van der Waals surface area (Å²) in [6.45, 7) is 3.44. The van der Waals surface area contributed by atoms with Gasteiger partial charge in [-0.1, -0.05) is 23.7 Å². The highest BCUT2D eigenvalue weighted by Crippen LogP contribution is 2.20. The number of benzene rings is 1. The molecule has 0 amide bonds. The fourth-order valence-corrected chi connectivity index (χ4v) is 3.67. The summed E-state index contributed by atoms with van der Waals surface area (Å²) in [7, 11) is 3.11. The van der Waals surface area contributed by atoms with Crippen molar-refractivity contribution in [2.45, 2.75) is 19.9 Å². The van der Waals surface area contributed by atoms with Gasteiger partial charge in [-0.15, -0.1) is 0 Å². The minimum absolute atomic E-state index is 0.344. The van der Waals surface area contributed by atoms with Gasteiger partial charge < -0.3 is 9.88 Å². The quantitative estimate of drug-likeness (QED) is 0.521. The molecule has 8 nitrogen and oxygen atoms in total. The highest BCUT2D eigenvalue weighted by molar-refractivity contribution is 6.33. The van der Waals surface area contributed by atoms with Crippen LogP contribution in [0.1, 0.15) is 12.1 Å². The topological polar surface area (TPSA) is 78.3 Å². The van der Waals surface area contributed by atoms with E-state index in [-0.39, 0.29) is 11.2 Å². The van der Waals surface area contributed by atoms with Gasteiger partial charge in [0.2, 0.25) is 5.78 Å². The van der Waals surface area contributed by atoms with E-state index in [0.29, 0.717) is 22.0 Å². The van der Waals surface area contributed by atoms with Gasteiger partial charge in [-0.25, -0.2) is 4.79 Å². The molecule has 0 aliphatic heterocycles. The van der Waals surface area contributed by atoms with Crippen LogP contribution in [0.3, 0.4) is 0 Å². The molecule has 0 fully saturated rings. The van der Waals surface area contributed by atoms with Crippen LogP contribution >= 0.6 is 11.6 Å². The third kappa shape index (κ3) is 2.80. The van der Waals surface area contributed by atoms with Crippen LogP contribution in [0.4, 0.5) is 5.69 Å². The number of nitrogens with one attached hydrogen (secondary N) is 1. The summed E-state index contributed by atoms with van der Waals surface area (Å²) in [4.78, 5) is 29.4. The Kier molecular flexibility index (Phi) is 4.50. The van der Waals surface area contributed by atoms with Crippen LogP contribution in [0.2, 0.25) is 5.02 Å².